The summed E-state index contributed by atoms with van der Waals surface area (Å²) in [4.78, 5) is 0. The van der Waals surface area contributed by atoms with Gasteiger partial charge in [0.15, 0.2) is 0 Å². The van der Waals surface area contributed by atoms with E-state index in [1.54, 1.807) is 0 Å². The quantitative estimate of drug-likeness (QED) is 0.856. The second kappa shape index (κ2) is 5.74. The summed E-state index contributed by atoms with van der Waals surface area (Å²) in [5.41, 5.74) is 2.82. The van der Waals surface area contributed by atoms with Gasteiger partial charge in [0.1, 0.15) is 0 Å². The van der Waals surface area contributed by atoms with Crippen molar-refractivity contribution in [2.75, 3.05) is 12.3 Å². The fourth-order valence-electron chi connectivity index (χ4n) is 2.41. The van der Waals surface area contributed by atoms with E-state index >= 15 is 0 Å². The summed E-state index contributed by atoms with van der Waals surface area (Å²) < 4.78 is 0. The van der Waals surface area contributed by atoms with E-state index in [4.69, 9.17) is 0 Å². The Hall–Kier alpha value is -0.470. The molecule has 1 aromatic rings. The topological polar surface area (TPSA) is 12.0 Å². The Bertz CT molecular complexity index is 331. The number of thioether (sulfide) groups is 1. The fourth-order valence-corrected chi connectivity index (χ4v) is 3.83. The smallest absolute Gasteiger partial charge is 0.0440 e. The lowest BCUT2D eigenvalue weighted by Crippen LogP contribution is -2.28. The summed E-state index contributed by atoms with van der Waals surface area (Å²) in [7, 11) is 0. The summed E-state index contributed by atoms with van der Waals surface area (Å²) in [6.07, 6.45) is 2.74. The van der Waals surface area contributed by atoms with Gasteiger partial charge in [-0.05, 0) is 37.6 Å². The van der Waals surface area contributed by atoms with E-state index in [2.05, 4.69) is 55.2 Å². The standard InChI is InChI=1S/C14H21NS/c1-3-15-14(13-8-5-9-16-13)12-7-4-6-11(2)10-12/h4,6-7,10,13-15H,3,5,8-9H2,1-2H3. The van der Waals surface area contributed by atoms with Crippen LogP contribution in [0, 0.1) is 6.92 Å². The minimum Gasteiger partial charge on any atom is -0.309 e. The Morgan fingerprint density at radius 2 is 2.38 bits per heavy atom. The van der Waals surface area contributed by atoms with Crippen molar-refractivity contribution in [3.63, 3.8) is 0 Å². The second-order valence-corrected chi connectivity index (χ2v) is 5.85. The molecule has 2 heteroatoms. The van der Waals surface area contributed by atoms with Crippen molar-refractivity contribution in [2.45, 2.75) is 38.0 Å². The highest BCUT2D eigenvalue weighted by Gasteiger charge is 2.26. The molecule has 0 radical (unpaired) electrons. The van der Waals surface area contributed by atoms with Crippen LogP contribution >= 0.6 is 11.8 Å². The van der Waals surface area contributed by atoms with Gasteiger partial charge in [0.05, 0.1) is 0 Å². The van der Waals surface area contributed by atoms with E-state index < -0.39 is 0 Å². The Kier molecular flexibility index (Phi) is 4.30. The zero-order chi connectivity index (χ0) is 11.4. The number of rotatable bonds is 4. The molecule has 16 heavy (non-hydrogen) atoms. The van der Waals surface area contributed by atoms with Crippen LogP contribution in [0.3, 0.4) is 0 Å². The molecule has 1 aromatic carbocycles. The minimum absolute atomic E-state index is 0.539. The molecule has 1 heterocycles. The molecular weight excluding hydrogens is 214 g/mol. The Morgan fingerprint density at radius 1 is 1.50 bits per heavy atom. The van der Waals surface area contributed by atoms with Crippen LogP contribution in [0.1, 0.15) is 36.9 Å². The van der Waals surface area contributed by atoms with Crippen LogP contribution in [-0.2, 0) is 0 Å². The second-order valence-electron chi connectivity index (χ2n) is 4.50. The van der Waals surface area contributed by atoms with Crippen molar-refractivity contribution < 1.29 is 0 Å². The first-order valence-corrected chi connectivity index (χ1v) is 7.27. The summed E-state index contributed by atoms with van der Waals surface area (Å²) in [6.45, 7) is 5.42. The monoisotopic (exact) mass is 235 g/mol. The molecule has 88 valence electrons. The van der Waals surface area contributed by atoms with E-state index in [1.807, 2.05) is 0 Å². The largest absolute Gasteiger partial charge is 0.309 e. The van der Waals surface area contributed by atoms with Crippen molar-refractivity contribution in [1.29, 1.82) is 0 Å². The minimum atomic E-state index is 0.539. The van der Waals surface area contributed by atoms with Crippen LogP contribution in [0.25, 0.3) is 0 Å². The van der Waals surface area contributed by atoms with Crippen LogP contribution in [0.15, 0.2) is 24.3 Å². The highest BCUT2D eigenvalue weighted by molar-refractivity contribution is 8.00. The average molecular weight is 235 g/mol. The molecule has 1 nitrogen and oxygen atoms in total. The third-order valence-electron chi connectivity index (χ3n) is 3.16. The maximum absolute atomic E-state index is 3.65. The zero-order valence-corrected chi connectivity index (χ0v) is 11.0. The highest BCUT2D eigenvalue weighted by Crippen LogP contribution is 2.36. The van der Waals surface area contributed by atoms with Gasteiger partial charge in [0.2, 0.25) is 0 Å². The number of benzene rings is 1. The van der Waals surface area contributed by atoms with E-state index in [0.29, 0.717) is 6.04 Å². The van der Waals surface area contributed by atoms with Crippen molar-refractivity contribution in [3.05, 3.63) is 35.4 Å². The van der Waals surface area contributed by atoms with E-state index in [-0.39, 0.29) is 0 Å². The lowest BCUT2D eigenvalue weighted by molar-refractivity contribution is 0.519. The van der Waals surface area contributed by atoms with E-state index in [1.165, 1.54) is 29.7 Å². The molecule has 1 aliphatic rings. The molecule has 0 amide bonds. The van der Waals surface area contributed by atoms with Gasteiger partial charge in [0.25, 0.3) is 0 Å². The van der Waals surface area contributed by atoms with Crippen LogP contribution in [0.2, 0.25) is 0 Å². The SMILES string of the molecule is CCNC(c1cccc(C)c1)C1CCCS1. The van der Waals surface area contributed by atoms with Crippen molar-refractivity contribution in [2.24, 2.45) is 0 Å². The van der Waals surface area contributed by atoms with Gasteiger partial charge in [-0.1, -0.05) is 36.8 Å². The third kappa shape index (κ3) is 2.80. The predicted octanol–water partition coefficient (Wildman–Crippen LogP) is 3.54. The first-order valence-electron chi connectivity index (χ1n) is 6.23. The Morgan fingerprint density at radius 3 is 3.00 bits per heavy atom. The fraction of sp³-hybridized carbons (Fsp3) is 0.571. The van der Waals surface area contributed by atoms with Crippen molar-refractivity contribution in [3.8, 4) is 0 Å². The number of hydrogen-bond acceptors (Lipinski definition) is 2. The molecule has 0 saturated carbocycles. The van der Waals surface area contributed by atoms with Crippen molar-refractivity contribution in [1.82, 2.24) is 5.32 Å². The summed E-state index contributed by atoms with van der Waals surface area (Å²) in [5.74, 6) is 1.33. The first kappa shape index (κ1) is 12.0. The number of nitrogens with one attached hydrogen (secondary N) is 1. The van der Waals surface area contributed by atoms with E-state index in [0.717, 1.165) is 11.8 Å². The van der Waals surface area contributed by atoms with Gasteiger partial charge in [-0.15, -0.1) is 0 Å². The molecule has 1 fully saturated rings. The highest BCUT2D eigenvalue weighted by atomic mass is 32.2. The van der Waals surface area contributed by atoms with Crippen LogP contribution < -0.4 is 5.32 Å². The molecule has 0 aromatic heterocycles. The molecule has 1 saturated heterocycles. The third-order valence-corrected chi connectivity index (χ3v) is 4.62. The molecular formula is C14H21NS. The molecule has 2 rings (SSSR count). The Balaban J connectivity index is 2.17. The van der Waals surface area contributed by atoms with Gasteiger partial charge in [-0.25, -0.2) is 0 Å². The summed E-state index contributed by atoms with van der Waals surface area (Å²) in [6, 6.07) is 9.48. The number of hydrogen-bond donors (Lipinski definition) is 1. The Labute approximate surface area is 103 Å². The first-order chi connectivity index (χ1) is 7.81. The summed E-state index contributed by atoms with van der Waals surface area (Å²) in [5, 5.41) is 4.41. The molecule has 0 spiro atoms. The molecule has 0 bridgehead atoms. The normalized spacial score (nSPS) is 22.2. The average Bonchev–Trinajstić information content (AvgIpc) is 2.79. The molecule has 2 atom stereocenters. The van der Waals surface area contributed by atoms with Crippen molar-refractivity contribution >= 4 is 11.8 Å². The lowest BCUT2D eigenvalue weighted by Gasteiger charge is -2.24. The maximum Gasteiger partial charge on any atom is 0.0440 e. The zero-order valence-electron chi connectivity index (χ0n) is 10.2. The maximum atomic E-state index is 3.65. The lowest BCUT2D eigenvalue weighted by atomic mass is 9.99. The van der Waals surface area contributed by atoms with Gasteiger partial charge >= 0.3 is 0 Å². The molecule has 2 unspecified atom stereocenters. The van der Waals surface area contributed by atoms with Gasteiger partial charge < -0.3 is 5.32 Å². The summed E-state index contributed by atoms with van der Waals surface area (Å²) >= 11 is 2.13. The number of aryl methyl sites for hydroxylation is 1. The molecule has 1 aliphatic heterocycles. The van der Waals surface area contributed by atoms with E-state index in [9.17, 15) is 0 Å². The van der Waals surface area contributed by atoms with Gasteiger partial charge in [-0.2, -0.15) is 11.8 Å². The van der Waals surface area contributed by atoms with Crippen LogP contribution in [-0.4, -0.2) is 17.5 Å². The molecule has 0 aliphatic carbocycles. The predicted molar refractivity (Wildman–Crippen MR) is 73.1 cm³/mol. The van der Waals surface area contributed by atoms with Gasteiger partial charge in [0, 0.05) is 11.3 Å². The molecule has 1 N–H and O–H groups in total. The van der Waals surface area contributed by atoms with Gasteiger partial charge in [-0.3, -0.25) is 0 Å². The van der Waals surface area contributed by atoms with Crippen LogP contribution in [0.4, 0.5) is 0 Å². The van der Waals surface area contributed by atoms with Crippen LogP contribution in [0.5, 0.6) is 0 Å².